The van der Waals surface area contributed by atoms with Gasteiger partial charge in [0.1, 0.15) is 11.5 Å². The van der Waals surface area contributed by atoms with E-state index in [1.165, 1.54) is 29.2 Å². The quantitative estimate of drug-likeness (QED) is 0.872. The maximum Gasteiger partial charge on any atom is 0.387 e. The molecule has 0 unspecified atom stereocenters. The van der Waals surface area contributed by atoms with Gasteiger partial charge in [-0.25, -0.2) is 0 Å². The minimum atomic E-state index is -3.02. The molecule has 28 heavy (non-hydrogen) atoms. The lowest BCUT2D eigenvalue weighted by Gasteiger charge is -2.35. The van der Waals surface area contributed by atoms with Gasteiger partial charge < -0.3 is 19.6 Å². The molecule has 1 heterocycles. The minimum absolute atomic E-state index is 0.0545. The summed E-state index contributed by atoms with van der Waals surface area (Å²) >= 11 is 0. The Labute approximate surface area is 160 Å². The lowest BCUT2D eigenvalue weighted by molar-refractivity contribution is -0.0503. The van der Waals surface area contributed by atoms with Gasteiger partial charge in [0.25, 0.3) is 11.8 Å². The molecule has 0 bridgehead atoms. The monoisotopic (exact) mass is 390 g/mol. The average molecular weight is 390 g/mol. The Morgan fingerprint density at radius 2 is 1.54 bits per heavy atom. The summed E-state index contributed by atoms with van der Waals surface area (Å²) in [5.41, 5.74) is 1.12. The number of aryl methyl sites for hydroxylation is 1. The number of carbonyl (C=O) groups excluding carboxylic acids is 2. The molecule has 0 atom stereocenters. The van der Waals surface area contributed by atoms with Crippen molar-refractivity contribution in [1.82, 2.24) is 9.80 Å². The third-order valence-electron chi connectivity index (χ3n) is 4.57. The van der Waals surface area contributed by atoms with Crippen LogP contribution in [0.3, 0.4) is 0 Å². The van der Waals surface area contributed by atoms with Crippen molar-refractivity contribution in [2.24, 2.45) is 0 Å². The van der Waals surface area contributed by atoms with Crippen LogP contribution in [0.4, 0.5) is 8.78 Å². The van der Waals surface area contributed by atoms with Crippen LogP contribution in [0, 0.1) is 6.92 Å². The van der Waals surface area contributed by atoms with E-state index < -0.39 is 12.5 Å². The number of phenolic OH excluding ortho intramolecular Hbond substituents is 1. The highest BCUT2D eigenvalue weighted by atomic mass is 19.3. The van der Waals surface area contributed by atoms with E-state index in [-0.39, 0.29) is 54.7 Å². The number of amides is 2. The zero-order valence-corrected chi connectivity index (χ0v) is 15.3. The number of phenols is 1. The van der Waals surface area contributed by atoms with Crippen molar-refractivity contribution in [3.05, 3.63) is 59.2 Å². The van der Waals surface area contributed by atoms with Gasteiger partial charge in [-0.05, 0) is 31.2 Å². The number of ether oxygens (including phenoxy) is 1. The first-order valence-corrected chi connectivity index (χ1v) is 8.79. The van der Waals surface area contributed by atoms with Gasteiger partial charge in [0, 0.05) is 26.2 Å². The molecule has 1 aliphatic heterocycles. The number of benzene rings is 2. The third kappa shape index (κ3) is 4.21. The van der Waals surface area contributed by atoms with Crippen molar-refractivity contribution in [1.29, 1.82) is 0 Å². The molecule has 2 aromatic rings. The molecule has 1 fully saturated rings. The smallest absolute Gasteiger partial charge is 0.387 e. The molecule has 148 valence electrons. The number of aromatic hydroxyl groups is 1. The molecular weight excluding hydrogens is 370 g/mol. The van der Waals surface area contributed by atoms with Crippen molar-refractivity contribution >= 4 is 11.8 Å². The average Bonchev–Trinajstić information content (AvgIpc) is 2.69. The minimum Gasteiger partial charge on any atom is -0.507 e. The summed E-state index contributed by atoms with van der Waals surface area (Å²) in [5, 5.41) is 9.94. The van der Waals surface area contributed by atoms with Crippen molar-refractivity contribution in [2.75, 3.05) is 26.2 Å². The number of rotatable bonds is 4. The van der Waals surface area contributed by atoms with E-state index in [2.05, 4.69) is 4.74 Å². The summed E-state index contributed by atoms with van der Waals surface area (Å²) in [6, 6.07) is 10.6. The number of halogens is 2. The first-order chi connectivity index (χ1) is 13.4. The lowest BCUT2D eigenvalue weighted by Crippen LogP contribution is -2.50. The molecule has 0 radical (unpaired) electrons. The Bertz CT molecular complexity index is 880. The van der Waals surface area contributed by atoms with E-state index in [1.54, 1.807) is 23.1 Å². The Morgan fingerprint density at radius 1 is 0.964 bits per heavy atom. The van der Waals surface area contributed by atoms with Gasteiger partial charge in [0.05, 0.1) is 11.1 Å². The van der Waals surface area contributed by atoms with Crippen molar-refractivity contribution < 1.29 is 28.2 Å². The number of hydrogen-bond donors (Lipinski definition) is 1. The SMILES string of the molecule is Cc1ccc(O)c(C(=O)N2CCN(C(=O)c3ccccc3OC(F)F)CC2)c1. The standard InChI is InChI=1S/C20H20F2N2O4/c1-13-6-7-16(25)15(12-13)19(27)24-10-8-23(9-11-24)18(26)14-4-2-3-5-17(14)28-20(21)22/h2-7,12,20,25H,8-11H2,1H3. The predicted molar refractivity (Wildman–Crippen MR) is 97.7 cm³/mol. The molecule has 0 aromatic heterocycles. The van der Waals surface area contributed by atoms with Crippen LogP contribution in [0.5, 0.6) is 11.5 Å². The molecule has 2 aromatic carbocycles. The summed E-state index contributed by atoms with van der Waals surface area (Å²) < 4.78 is 29.5. The number of hydrogen-bond acceptors (Lipinski definition) is 4. The summed E-state index contributed by atoms with van der Waals surface area (Å²) in [5.74, 6) is -1.01. The van der Waals surface area contributed by atoms with Crippen LogP contribution in [0.1, 0.15) is 26.3 Å². The van der Waals surface area contributed by atoms with Gasteiger partial charge in [-0.2, -0.15) is 8.78 Å². The van der Waals surface area contributed by atoms with Gasteiger partial charge in [0.2, 0.25) is 0 Å². The molecule has 1 aliphatic rings. The summed E-state index contributed by atoms with van der Waals surface area (Å²) in [7, 11) is 0. The van der Waals surface area contributed by atoms with Gasteiger partial charge in [-0.15, -0.1) is 0 Å². The van der Waals surface area contributed by atoms with Crippen LogP contribution in [-0.2, 0) is 0 Å². The van der Waals surface area contributed by atoms with E-state index in [4.69, 9.17) is 0 Å². The van der Waals surface area contributed by atoms with E-state index in [0.717, 1.165) is 5.56 Å². The van der Waals surface area contributed by atoms with Gasteiger partial charge in [0.15, 0.2) is 0 Å². The summed E-state index contributed by atoms with van der Waals surface area (Å²) in [6.07, 6.45) is 0. The van der Waals surface area contributed by atoms with E-state index >= 15 is 0 Å². The zero-order chi connectivity index (χ0) is 20.3. The molecule has 0 aliphatic carbocycles. The van der Waals surface area contributed by atoms with E-state index in [0.29, 0.717) is 0 Å². The number of piperazine rings is 1. The number of alkyl halides is 2. The largest absolute Gasteiger partial charge is 0.507 e. The Morgan fingerprint density at radius 3 is 2.14 bits per heavy atom. The number of para-hydroxylation sites is 1. The van der Waals surface area contributed by atoms with Crippen LogP contribution in [-0.4, -0.2) is 59.5 Å². The van der Waals surface area contributed by atoms with Crippen LogP contribution in [0.2, 0.25) is 0 Å². The normalized spacial score (nSPS) is 14.3. The fraction of sp³-hybridized carbons (Fsp3) is 0.300. The highest BCUT2D eigenvalue weighted by molar-refractivity contribution is 5.98. The van der Waals surface area contributed by atoms with E-state index in [9.17, 15) is 23.5 Å². The first-order valence-electron chi connectivity index (χ1n) is 8.79. The molecule has 6 nitrogen and oxygen atoms in total. The lowest BCUT2D eigenvalue weighted by atomic mass is 10.1. The Balaban J connectivity index is 1.68. The molecule has 3 rings (SSSR count). The van der Waals surface area contributed by atoms with Gasteiger partial charge in [-0.1, -0.05) is 23.8 Å². The van der Waals surface area contributed by atoms with Crippen LogP contribution in [0.25, 0.3) is 0 Å². The molecule has 2 amide bonds. The fourth-order valence-electron chi connectivity index (χ4n) is 3.12. The molecule has 1 N–H and O–H groups in total. The summed E-state index contributed by atoms with van der Waals surface area (Å²) in [6.45, 7) is -0.150. The molecular formula is C20H20F2N2O4. The van der Waals surface area contributed by atoms with Crippen LogP contribution in [0.15, 0.2) is 42.5 Å². The molecule has 1 saturated heterocycles. The maximum absolute atomic E-state index is 12.7. The second-order valence-electron chi connectivity index (χ2n) is 6.48. The predicted octanol–water partition coefficient (Wildman–Crippen LogP) is 2.90. The topological polar surface area (TPSA) is 70.1 Å². The van der Waals surface area contributed by atoms with Crippen molar-refractivity contribution in [3.63, 3.8) is 0 Å². The fourth-order valence-corrected chi connectivity index (χ4v) is 3.12. The van der Waals surface area contributed by atoms with Crippen LogP contribution < -0.4 is 4.74 Å². The number of nitrogens with zero attached hydrogens (tertiary/aromatic N) is 2. The zero-order valence-electron chi connectivity index (χ0n) is 15.3. The van der Waals surface area contributed by atoms with Gasteiger partial charge in [-0.3, -0.25) is 9.59 Å². The first kappa shape index (κ1) is 19.6. The maximum atomic E-state index is 12.7. The summed E-state index contributed by atoms with van der Waals surface area (Å²) in [4.78, 5) is 28.4. The second-order valence-corrected chi connectivity index (χ2v) is 6.48. The highest BCUT2D eigenvalue weighted by Crippen LogP contribution is 2.24. The van der Waals surface area contributed by atoms with Crippen molar-refractivity contribution in [3.8, 4) is 11.5 Å². The second kappa shape index (κ2) is 8.24. The Hall–Kier alpha value is -3.16. The van der Waals surface area contributed by atoms with Gasteiger partial charge >= 0.3 is 6.61 Å². The van der Waals surface area contributed by atoms with Crippen molar-refractivity contribution in [2.45, 2.75) is 13.5 Å². The van der Waals surface area contributed by atoms with E-state index in [1.807, 2.05) is 6.92 Å². The Kier molecular flexibility index (Phi) is 5.77. The highest BCUT2D eigenvalue weighted by Gasteiger charge is 2.28. The van der Waals surface area contributed by atoms with Crippen LogP contribution >= 0.6 is 0 Å². The molecule has 0 spiro atoms. The third-order valence-corrected chi connectivity index (χ3v) is 4.57. The molecule has 8 heteroatoms. The number of carbonyl (C=O) groups is 2. The molecule has 0 saturated carbocycles.